The lowest BCUT2D eigenvalue weighted by Gasteiger charge is -2.20. The van der Waals surface area contributed by atoms with Crippen molar-refractivity contribution in [2.75, 3.05) is 26.7 Å². The van der Waals surface area contributed by atoms with E-state index in [-0.39, 0.29) is 6.03 Å². The maximum atomic E-state index is 12.5. The summed E-state index contributed by atoms with van der Waals surface area (Å²) in [6.07, 6.45) is 2.93. The first-order chi connectivity index (χ1) is 15.8. The van der Waals surface area contributed by atoms with E-state index >= 15 is 0 Å². The van der Waals surface area contributed by atoms with E-state index in [9.17, 15) is 4.79 Å². The van der Waals surface area contributed by atoms with Crippen molar-refractivity contribution in [1.29, 1.82) is 0 Å². The number of nitrogens with one attached hydrogen (secondary N) is 1. The Morgan fingerprint density at radius 2 is 1.38 bits per heavy atom. The molecule has 3 aromatic carbocycles. The number of benzene rings is 3. The largest absolute Gasteiger partial charge is 0.497 e. The zero-order valence-corrected chi connectivity index (χ0v) is 18.6. The van der Waals surface area contributed by atoms with Gasteiger partial charge in [-0.25, -0.2) is 4.79 Å². The highest BCUT2D eigenvalue weighted by Crippen LogP contribution is 2.35. The third-order valence-electron chi connectivity index (χ3n) is 5.91. The topological polar surface area (TPSA) is 41.6 Å². The van der Waals surface area contributed by atoms with Crippen molar-refractivity contribution in [2.24, 2.45) is 0 Å². The van der Waals surface area contributed by atoms with E-state index in [1.807, 2.05) is 29.2 Å². The van der Waals surface area contributed by atoms with E-state index in [2.05, 4.69) is 66.0 Å². The Balaban J connectivity index is 1.72. The molecule has 0 spiro atoms. The van der Waals surface area contributed by atoms with Crippen LogP contribution in [0, 0.1) is 0 Å². The van der Waals surface area contributed by atoms with E-state index < -0.39 is 0 Å². The van der Waals surface area contributed by atoms with Crippen LogP contribution in [-0.2, 0) is 0 Å². The number of carbonyl (C=O) groups is 1. The van der Waals surface area contributed by atoms with Gasteiger partial charge in [0.05, 0.1) is 7.11 Å². The fourth-order valence-corrected chi connectivity index (χ4v) is 4.26. The quantitative estimate of drug-likeness (QED) is 0.482. The lowest BCUT2D eigenvalue weighted by atomic mass is 9.88. The highest BCUT2D eigenvalue weighted by molar-refractivity contribution is 5.98. The van der Waals surface area contributed by atoms with Crippen molar-refractivity contribution in [1.82, 2.24) is 10.2 Å². The van der Waals surface area contributed by atoms with Gasteiger partial charge in [0.15, 0.2) is 0 Å². The minimum absolute atomic E-state index is 0.0422. The normalized spacial score (nSPS) is 14.1. The molecule has 4 heteroatoms. The van der Waals surface area contributed by atoms with E-state index in [0.29, 0.717) is 6.54 Å². The van der Waals surface area contributed by atoms with Crippen LogP contribution in [0.1, 0.15) is 36.0 Å². The molecule has 1 heterocycles. The first-order valence-electron chi connectivity index (χ1n) is 11.3. The zero-order valence-electron chi connectivity index (χ0n) is 18.6. The van der Waals surface area contributed by atoms with Crippen LogP contribution in [0.15, 0.2) is 84.9 Å². The molecule has 1 aliphatic heterocycles. The number of hydrogen-bond donors (Lipinski definition) is 1. The van der Waals surface area contributed by atoms with Crippen LogP contribution in [0.3, 0.4) is 0 Å². The fourth-order valence-electron chi connectivity index (χ4n) is 4.26. The number of nitrogens with zero attached hydrogens (tertiary/aromatic N) is 1. The number of hydrogen-bond acceptors (Lipinski definition) is 2. The average Bonchev–Trinajstić information content (AvgIpc) is 3.40. The highest BCUT2D eigenvalue weighted by Gasteiger charge is 2.18. The third-order valence-corrected chi connectivity index (χ3v) is 5.91. The number of ether oxygens (including phenoxy) is 1. The van der Waals surface area contributed by atoms with E-state index in [0.717, 1.165) is 54.8 Å². The standard InChI is InChI=1S/C28H30N2O2/c1-32-25-16-14-24(15-17-25)27(23-12-6-3-7-13-23)26(22-10-4-2-5-11-22)18-19-29-28(31)30-20-8-9-21-30/h2-7,10-17H,8-9,18-21H2,1H3,(H,29,31)/b27-26-. The van der Waals surface area contributed by atoms with Gasteiger partial charge in [0.1, 0.15) is 5.75 Å². The molecule has 0 aromatic heterocycles. The second-order valence-electron chi connectivity index (χ2n) is 7.99. The molecule has 1 N–H and O–H groups in total. The molecule has 0 saturated carbocycles. The molecule has 1 aliphatic rings. The van der Waals surface area contributed by atoms with Crippen LogP contribution in [0.25, 0.3) is 11.1 Å². The third kappa shape index (κ3) is 5.20. The number of urea groups is 1. The van der Waals surface area contributed by atoms with Gasteiger partial charge in [0.2, 0.25) is 0 Å². The summed E-state index contributed by atoms with van der Waals surface area (Å²) in [6.45, 7) is 2.30. The van der Waals surface area contributed by atoms with Gasteiger partial charge in [-0.15, -0.1) is 0 Å². The summed E-state index contributed by atoms with van der Waals surface area (Å²) < 4.78 is 5.37. The summed E-state index contributed by atoms with van der Waals surface area (Å²) in [6, 6.07) is 29.1. The molecule has 32 heavy (non-hydrogen) atoms. The van der Waals surface area contributed by atoms with Crippen molar-refractivity contribution >= 4 is 17.2 Å². The van der Waals surface area contributed by atoms with Crippen molar-refractivity contribution in [3.05, 3.63) is 102 Å². The SMILES string of the molecule is COc1ccc(/C(=C(/CCNC(=O)N2CCCC2)c2ccccc2)c2ccccc2)cc1. The highest BCUT2D eigenvalue weighted by atomic mass is 16.5. The Morgan fingerprint density at radius 1 is 0.812 bits per heavy atom. The molecule has 3 aromatic rings. The summed E-state index contributed by atoms with van der Waals surface area (Å²) >= 11 is 0. The van der Waals surface area contributed by atoms with Crippen LogP contribution >= 0.6 is 0 Å². The molecule has 2 amide bonds. The van der Waals surface area contributed by atoms with E-state index in [1.54, 1.807) is 7.11 Å². The number of likely N-dealkylation sites (tertiary alicyclic amines) is 1. The second-order valence-corrected chi connectivity index (χ2v) is 7.99. The van der Waals surface area contributed by atoms with Gasteiger partial charge >= 0.3 is 6.03 Å². The predicted octanol–water partition coefficient (Wildman–Crippen LogP) is 5.85. The molecule has 0 radical (unpaired) electrons. The van der Waals surface area contributed by atoms with Gasteiger partial charge in [0, 0.05) is 19.6 Å². The Hall–Kier alpha value is -3.53. The number of rotatable bonds is 7. The number of amides is 2. The van der Waals surface area contributed by atoms with Gasteiger partial charge in [-0.1, -0.05) is 72.8 Å². The first kappa shape index (κ1) is 21.7. The molecule has 4 rings (SSSR count). The maximum Gasteiger partial charge on any atom is 0.317 e. The Bertz CT molecular complexity index is 1040. The maximum absolute atomic E-state index is 12.5. The molecule has 164 valence electrons. The summed E-state index contributed by atoms with van der Waals surface area (Å²) in [4.78, 5) is 14.4. The van der Waals surface area contributed by atoms with E-state index in [4.69, 9.17) is 4.74 Å². The fraction of sp³-hybridized carbons (Fsp3) is 0.250. The van der Waals surface area contributed by atoms with Gasteiger partial charge in [-0.05, 0) is 59.2 Å². The minimum Gasteiger partial charge on any atom is -0.497 e. The lowest BCUT2D eigenvalue weighted by molar-refractivity contribution is 0.209. The van der Waals surface area contributed by atoms with Gasteiger partial charge in [-0.3, -0.25) is 0 Å². The molecule has 0 unspecified atom stereocenters. The van der Waals surface area contributed by atoms with Gasteiger partial charge in [-0.2, -0.15) is 0 Å². The summed E-state index contributed by atoms with van der Waals surface area (Å²) in [5.74, 6) is 0.834. The molecular formula is C28H30N2O2. The summed E-state index contributed by atoms with van der Waals surface area (Å²) in [7, 11) is 1.68. The molecule has 0 bridgehead atoms. The summed E-state index contributed by atoms with van der Waals surface area (Å²) in [5, 5.41) is 3.13. The van der Waals surface area contributed by atoms with Crippen molar-refractivity contribution in [3.8, 4) is 5.75 Å². The Kier molecular flexibility index (Phi) is 7.23. The second kappa shape index (κ2) is 10.7. The first-order valence-corrected chi connectivity index (χ1v) is 11.3. The minimum atomic E-state index is 0.0422. The molecule has 0 atom stereocenters. The average molecular weight is 427 g/mol. The number of methoxy groups -OCH3 is 1. The monoisotopic (exact) mass is 426 g/mol. The zero-order chi connectivity index (χ0) is 22.2. The Morgan fingerprint density at radius 3 is 1.97 bits per heavy atom. The lowest BCUT2D eigenvalue weighted by Crippen LogP contribution is -2.38. The van der Waals surface area contributed by atoms with Crippen LogP contribution in [0.5, 0.6) is 5.75 Å². The van der Waals surface area contributed by atoms with Crippen molar-refractivity contribution < 1.29 is 9.53 Å². The van der Waals surface area contributed by atoms with Crippen LogP contribution in [-0.4, -0.2) is 37.7 Å². The van der Waals surface area contributed by atoms with Crippen molar-refractivity contribution in [2.45, 2.75) is 19.3 Å². The number of carbonyl (C=O) groups excluding carboxylic acids is 1. The molecule has 0 aliphatic carbocycles. The predicted molar refractivity (Wildman–Crippen MR) is 131 cm³/mol. The smallest absolute Gasteiger partial charge is 0.317 e. The van der Waals surface area contributed by atoms with Gasteiger partial charge in [0.25, 0.3) is 0 Å². The van der Waals surface area contributed by atoms with E-state index in [1.165, 1.54) is 11.1 Å². The molecule has 1 saturated heterocycles. The van der Waals surface area contributed by atoms with Crippen molar-refractivity contribution in [3.63, 3.8) is 0 Å². The Labute approximate surface area is 190 Å². The van der Waals surface area contributed by atoms with Crippen LogP contribution < -0.4 is 10.1 Å². The van der Waals surface area contributed by atoms with Crippen LogP contribution in [0.4, 0.5) is 4.79 Å². The molecule has 1 fully saturated rings. The van der Waals surface area contributed by atoms with Gasteiger partial charge < -0.3 is 15.0 Å². The van der Waals surface area contributed by atoms with Crippen LogP contribution in [0.2, 0.25) is 0 Å². The molecular weight excluding hydrogens is 396 g/mol. The summed E-state index contributed by atoms with van der Waals surface area (Å²) in [5.41, 5.74) is 5.83. The molecule has 4 nitrogen and oxygen atoms in total.